The molecule has 0 saturated carbocycles. The van der Waals surface area contributed by atoms with Crippen molar-refractivity contribution in [3.05, 3.63) is 23.5 Å². The summed E-state index contributed by atoms with van der Waals surface area (Å²) in [5, 5.41) is 9.75. The zero-order valence-corrected chi connectivity index (χ0v) is 15.9. The Morgan fingerprint density at radius 2 is 2.08 bits per heavy atom. The smallest absolute Gasteiger partial charge is 0.245 e. The van der Waals surface area contributed by atoms with Crippen molar-refractivity contribution in [2.75, 3.05) is 11.1 Å². The number of nitrogens with two attached hydrogens (primary N) is 2. The highest BCUT2D eigenvalue weighted by atomic mass is 35.5. The zero-order valence-electron chi connectivity index (χ0n) is 14.4. The fraction of sp³-hybridized carbons (Fsp3) is 0.438. The summed E-state index contributed by atoms with van der Waals surface area (Å²) in [6.45, 7) is 5.41. The molecule has 6 N–H and O–H groups in total. The maximum absolute atomic E-state index is 12.4. The average molecular weight is 385 g/mol. The lowest BCUT2D eigenvalue weighted by Crippen LogP contribution is -2.48. The van der Waals surface area contributed by atoms with E-state index in [0.29, 0.717) is 24.5 Å². The number of alkyl halides is 2. The number of rotatable bonds is 6. The first kappa shape index (κ1) is 19.5. The van der Waals surface area contributed by atoms with E-state index in [4.69, 9.17) is 34.7 Å². The zero-order chi connectivity index (χ0) is 18.8. The van der Waals surface area contributed by atoms with Crippen LogP contribution in [0.1, 0.15) is 31.2 Å². The molecule has 136 valence electrons. The van der Waals surface area contributed by atoms with E-state index in [-0.39, 0.29) is 5.91 Å². The predicted molar refractivity (Wildman–Crippen MR) is 102 cm³/mol. The number of pyridine rings is 1. The number of nitrogens with zero attached hydrogens (tertiary/aromatic N) is 2. The second-order valence-electron chi connectivity index (χ2n) is 6.24. The molecule has 0 radical (unpaired) electrons. The number of hydrogen-bond donors (Lipinski definition) is 4. The quantitative estimate of drug-likeness (QED) is 0.570. The number of aryl methyl sites for hydroxylation is 2. The van der Waals surface area contributed by atoms with Gasteiger partial charge in [0, 0.05) is 16.8 Å². The molecule has 0 aromatic carbocycles. The molecule has 0 aliphatic carbocycles. The summed E-state index contributed by atoms with van der Waals surface area (Å²) >= 11 is 11.4. The minimum absolute atomic E-state index is 0.297. The summed E-state index contributed by atoms with van der Waals surface area (Å²) in [5.74, 6) is 0.248. The van der Waals surface area contributed by atoms with Crippen LogP contribution in [0.3, 0.4) is 0 Å². The van der Waals surface area contributed by atoms with Gasteiger partial charge in [-0.25, -0.2) is 4.98 Å². The first-order valence-electron chi connectivity index (χ1n) is 7.78. The highest BCUT2D eigenvalue weighted by Gasteiger charge is 2.29. The summed E-state index contributed by atoms with van der Waals surface area (Å²) in [5.41, 5.74) is 14.4. The first-order chi connectivity index (χ1) is 11.6. The molecule has 0 unspecified atom stereocenters. The maximum atomic E-state index is 12.4. The van der Waals surface area contributed by atoms with E-state index in [1.165, 1.54) is 0 Å². The van der Waals surface area contributed by atoms with Gasteiger partial charge in [0.1, 0.15) is 16.5 Å². The van der Waals surface area contributed by atoms with E-state index < -0.39 is 10.4 Å². The van der Waals surface area contributed by atoms with Gasteiger partial charge < -0.3 is 16.8 Å². The second kappa shape index (κ2) is 7.59. The van der Waals surface area contributed by atoms with Crippen LogP contribution in [-0.2, 0) is 4.79 Å². The molecule has 9 heteroatoms. The lowest BCUT2D eigenvalue weighted by Gasteiger charge is -2.23. The fourth-order valence-corrected chi connectivity index (χ4v) is 2.70. The lowest BCUT2D eigenvalue weighted by molar-refractivity contribution is -0.120. The SMILES string of the molecule is Cc1n[nH]c(C)c1-c1ccc(NC(=O)[C@@](C)(N)CCC(Cl)Cl)nc1N. The number of H-pyrrole nitrogens is 1. The highest BCUT2D eigenvalue weighted by Crippen LogP contribution is 2.30. The van der Waals surface area contributed by atoms with E-state index >= 15 is 0 Å². The van der Waals surface area contributed by atoms with Crippen LogP contribution in [0, 0.1) is 13.8 Å². The highest BCUT2D eigenvalue weighted by molar-refractivity contribution is 6.44. The number of nitrogen functional groups attached to an aromatic ring is 1. The van der Waals surface area contributed by atoms with E-state index in [1.54, 1.807) is 19.1 Å². The molecule has 2 heterocycles. The molecule has 2 aromatic heterocycles. The monoisotopic (exact) mass is 384 g/mol. The fourth-order valence-electron chi connectivity index (χ4n) is 2.49. The summed E-state index contributed by atoms with van der Waals surface area (Å²) in [7, 11) is 0. The number of hydrogen-bond acceptors (Lipinski definition) is 5. The summed E-state index contributed by atoms with van der Waals surface area (Å²) in [6.07, 6.45) is 0.758. The number of anilines is 2. The Morgan fingerprint density at radius 1 is 1.40 bits per heavy atom. The van der Waals surface area contributed by atoms with E-state index in [9.17, 15) is 4.79 Å². The van der Waals surface area contributed by atoms with Crippen LogP contribution in [0.25, 0.3) is 11.1 Å². The van der Waals surface area contributed by atoms with Crippen molar-refractivity contribution >= 4 is 40.7 Å². The van der Waals surface area contributed by atoms with Gasteiger partial charge in [-0.05, 0) is 45.7 Å². The molecule has 0 spiro atoms. The van der Waals surface area contributed by atoms with Crippen molar-refractivity contribution in [2.45, 2.75) is 44.0 Å². The molecule has 0 fully saturated rings. The normalized spacial score (nSPS) is 13.7. The van der Waals surface area contributed by atoms with Crippen molar-refractivity contribution < 1.29 is 4.79 Å². The summed E-state index contributed by atoms with van der Waals surface area (Å²) in [4.78, 5) is 16.1. The molecule has 0 bridgehead atoms. The third-order valence-electron chi connectivity index (χ3n) is 3.96. The van der Waals surface area contributed by atoms with Gasteiger partial charge in [-0.3, -0.25) is 9.89 Å². The molecule has 1 amide bonds. The Bertz CT molecular complexity index is 752. The van der Waals surface area contributed by atoms with Crippen molar-refractivity contribution in [1.82, 2.24) is 15.2 Å². The average Bonchev–Trinajstić information content (AvgIpc) is 2.85. The lowest BCUT2D eigenvalue weighted by atomic mass is 9.96. The van der Waals surface area contributed by atoms with Gasteiger partial charge in [0.15, 0.2) is 0 Å². The number of halogens is 2. The van der Waals surface area contributed by atoms with Crippen LogP contribution in [0.15, 0.2) is 12.1 Å². The van der Waals surface area contributed by atoms with Crippen molar-refractivity contribution in [3.63, 3.8) is 0 Å². The third-order valence-corrected chi connectivity index (χ3v) is 4.40. The number of nitrogens with one attached hydrogen (secondary N) is 2. The molecule has 25 heavy (non-hydrogen) atoms. The van der Waals surface area contributed by atoms with Gasteiger partial charge in [-0.1, -0.05) is 0 Å². The minimum Gasteiger partial charge on any atom is -0.383 e. The van der Waals surface area contributed by atoms with Gasteiger partial charge in [0.25, 0.3) is 0 Å². The third kappa shape index (κ3) is 4.62. The number of amides is 1. The van der Waals surface area contributed by atoms with Crippen molar-refractivity contribution in [3.8, 4) is 11.1 Å². The molecule has 0 saturated heterocycles. The van der Waals surface area contributed by atoms with E-state index in [0.717, 1.165) is 22.5 Å². The largest absolute Gasteiger partial charge is 0.383 e. The molecular weight excluding hydrogens is 363 g/mol. The number of carbonyl (C=O) groups excluding carboxylic acids is 1. The Labute approximate surface area is 156 Å². The Kier molecular flexibility index (Phi) is 5.92. The Morgan fingerprint density at radius 3 is 2.60 bits per heavy atom. The van der Waals surface area contributed by atoms with Crippen LogP contribution in [0.2, 0.25) is 0 Å². The van der Waals surface area contributed by atoms with Crippen LogP contribution in [0.5, 0.6) is 0 Å². The molecule has 0 aliphatic heterocycles. The predicted octanol–water partition coefficient (Wildman–Crippen LogP) is 2.91. The van der Waals surface area contributed by atoms with E-state index in [2.05, 4.69) is 20.5 Å². The molecule has 1 atom stereocenters. The molecule has 2 rings (SSSR count). The number of carbonyl (C=O) groups is 1. The van der Waals surface area contributed by atoms with E-state index in [1.807, 2.05) is 13.8 Å². The van der Waals surface area contributed by atoms with Crippen molar-refractivity contribution in [1.29, 1.82) is 0 Å². The Balaban J connectivity index is 2.17. The summed E-state index contributed by atoms with van der Waals surface area (Å²) in [6, 6.07) is 3.47. The second-order valence-corrected chi connectivity index (χ2v) is 7.52. The van der Waals surface area contributed by atoms with Gasteiger partial charge in [0.05, 0.1) is 11.2 Å². The summed E-state index contributed by atoms with van der Waals surface area (Å²) < 4.78 is 0. The van der Waals surface area contributed by atoms with Gasteiger partial charge in [0.2, 0.25) is 5.91 Å². The van der Waals surface area contributed by atoms with Gasteiger partial charge >= 0.3 is 0 Å². The van der Waals surface area contributed by atoms with Crippen LogP contribution < -0.4 is 16.8 Å². The topological polar surface area (TPSA) is 123 Å². The minimum atomic E-state index is -1.12. The standard InChI is InChI=1S/C16H22Cl2N6O/c1-8-13(9(2)24-23-8)10-4-5-12(21-14(10)19)22-15(25)16(3,20)7-6-11(17)18/h4-5,11H,6-7,20H2,1-3H3,(H,23,24)(H3,19,21,22,25)/t16-/m0/s1. The molecular formula is C16H22Cl2N6O. The number of aromatic nitrogens is 3. The number of aromatic amines is 1. The van der Waals surface area contributed by atoms with Crippen molar-refractivity contribution in [2.24, 2.45) is 5.73 Å². The van der Waals surface area contributed by atoms with Crippen LogP contribution in [-0.4, -0.2) is 31.5 Å². The molecule has 2 aromatic rings. The molecule has 7 nitrogen and oxygen atoms in total. The van der Waals surface area contributed by atoms with Crippen LogP contribution in [0.4, 0.5) is 11.6 Å². The van der Waals surface area contributed by atoms with Gasteiger partial charge in [-0.2, -0.15) is 5.10 Å². The first-order valence-corrected chi connectivity index (χ1v) is 8.66. The molecule has 0 aliphatic rings. The maximum Gasteiger partial charge on any atom is 0.245 e. The Hall–Kier alpha value is -1.83. The van der Waals surface area contributed by atoms with Gasteiger partial charge in [-0.15, -0.1) is 23.2 Å². The van der Waals surface area contributed by atoms with Crippen LogP contribution >= 0.6 is 23.2 Å².